The third-order valence-corrected chi connectivity index (χ3v) is 3.95. The van der Waals surface area contributed by atoms with E-state index in [9.17, 15) is 4.79 Å². The zero-order chi connectivity index (χ0) is 14.5. The molecule has 0 aliphatic rings. The van der Waals surface area contributed by atoms with Crippen LogP contribution in [0.1, 0.15) is 26.8 Å². The predicted molar refractivity (Wildman–Crippen MR) is 83.0 cm³/mol. The predicted octanol–water partition coefficient (Wildman–Crippen LogP) is 3.58. The fraction of sp³-hybridized carbons (Fsp3) is 0.333. The maximum atomic E-state index is 12.2. The van der Waals surface area contributed by atoms with E-state index >= 15 is 0 Å². The van der Waals surface area contributed by atoms with Crippen molar-refractivity contribution in [1.29, 1.82) is 0 Å². The smallest absolute Gasteiger partial charge is 0.238 e. The minimum Gasteiger partial charge on any atom is -0.310 e. The minimum atomic E-state index is -0.159. The Labute approximate surface area is 123 Å². The topological polar surface area (TPSA) is 46.9 Å². The van der Waals surface area contributed by atoms with Crippen LogP contribution in [0, 0.1) is 0 Å². The molecule has 1 heterocycles. The number of thioether (sulfide) groups is 1. The molecule has 1 aromatic heterocycles. The summed E-state index contributed by atoms with van der Waals surface area (Å²) in [6.45, 7) is 5.97. The van der Waals surface area contributed by atoms with Crippen molar-refractivity contribution in [3.8, 4) is 0 Å². The van der Waals surface area contributed by atoms with Gasteiger partial charge in [-0.05, 0) is 32.9 Å². The molecule has 0 bridgehead atoms. The molecule has 2 rings (SSSR count). The lowest BCUT2D eigenvalue weighted by Gasteiger charge is -2.14. The molecule has 1 amide bonds. The maximum absolute atomic E-state index is 12.2. The summed E-state index contributed by atoms with van der Waals surface area (Å²) >= 11 is 1.55. The van der Waals surface area contributed by atoms with Crippen LogP contribution in [-0.2, 0) is 4.79 Å². The van der Waals surface area contributed by atoms with Crippen molar-refractivity contribution in [2.24, 2.45) is 0 Å². The Hall–Kier alpha value is -1.75. The molecule has 0 fully saturated rings. The summed E-state index contributed by atoms with van der Waals surface area (Å²) in [7, 11) is 0. The number of amides is 1. The largest absolute Gasteiger partial charge is 0.310 e. The number of carbonyl (C=O) groups excluding carboxylic acids is 1. The molecule has 0 saturated heterocycles. The van der Waals surface area contributed by atoms with E-state index in [1.54, 1.807) is 22.6 Å². The monoisotopic (exact) mass is 289 g/mol. The highest BCUT2D eigenvalue weighted by Gasteiger charge is 2.16. The first-order valence-corrected chi connectivity index (χ1v) is 7.52. The van der Waals surface area contributed by atoms with Gasteiger partial charge in [-0.15, -0.1) is 11.8 Å². The number of rotatable bonds is 5. The van der Waals surface area contributed by atoms with Gasteiger partial charge < -0.3 is 5.32 Å². The van der Waals surface area contributed by atoms with Crippen LogP contribution in [-0.4, -0.2) is 20.9 Å². The number of hydrogen-bond acceptors (Lipinski definition) is 3. The second kappa shape index (κ2) is 6.61. The van der Waals surface area contributed by atoms with Crippen LogP contribution in [0.5, 0.6) is 0 Å². The van der Waals surface area contributed by atoms with Gasteiger partial charge in [0.2, 0.25) is 5.91 Å². The number of carbonyl (C=O) groups is 1. The molecule has 20 heavy (non-hydrogen) atoms. The Kier molecular flexibility index (Phi) is 4.84. The third-order valence-electron chi connectivity index (χ3n) is 2.84. The van der Waals surface area contributed by atoms with Gasteiger partial charge >= 0.3 is 0 Å². The number of benzene rings is 1. The number of nitrogens with zero attached hydrogens (tertiary/aromatic N) is 2. The van der Waals surface area contributed by atoms with Gasteiger partial charge in [0.15, 0.2) is 0 Å². The highest BCUT2D eigenvalue weighted by molar-refractivity contribution is 8.00. The zero-order valence-electron chi connectivity index (χ0n) is 11.9. The van der Waals surface area contributed by atoms with E-state index in [1.165, 1.54) is 0 Å². The SMILES string of the molecule is CC(C)n1nccc1NC(=O)[C@@H](C)Sc1ccccc1. The van der Waals surface area contributed by atoms with Gasteiger partial charge in [-0.1, -0.05) is 18.2 Å². The summed E-state index contributed by atoms with van der Waals surface area (Å²) in [6, 6.07) is 12.0. The van der Waals surface area contributed by atoms with Crippen molar-refractivity contribution in [3.05, 3.63) is 42.6 Å². The van der Waals surface area contributed by atoms with Gasteiger partial charge in [0.1, 0.15) is 5.82 Å². The molecule has 1 aromatic carbocycles. The van der Waals surface area contributed by atoms with E-state index in [1.807, 2.05) is 57.2 Å². The minimum absolute atomic E-state index is 0.0127. The molecule has 0 unspecified atom stereocenters. The molecule has 1 N–H and O–H groups in total. The fourth-order valence-electron chi connectivity index (χ4n) is 1.81. The number of hydrogen-bond donors (Lipinski definition) is 1. The standard InChI is InChI=1S/C15H19N3OS/c1-11(2)18-14(9-10-16-18)17-15(19)12(3)20-13-7-5-4-6-8-13/h4-12H,1-3H3,(H,17,19)/t12-/m1/s1. The van der Waals surface area contributed by atoms with E-state index in [-0.39, 0.29) is 17.2 Å². The first-order chi connectivity index (χ1) is 9.58. The first kappa shape index (κ1) is 14.7. The lowest BCUT2D eigenvalue weighted by Crippen LogP contribution is -2.24. The van der Waals surface area contributed by atoms with Gasteiger partial charge in [0.25, 0.3) is 0 Å². The van der Waals surface area contributed by atoms with Gasteiger partial charge in [-0.3, -0.25) is 4.79 Å². The van der Waals surface area contributed by atoms with Gasteiger partial charge in [0.05, 0.1) is 11.4 Å². The Balaban J connectivity index is 1.99. The lowest BCUT2D eigenvalue weighted by atomic mass is 10.4. The summed E-state index contributed by atoms with van der Waals surface area (Å²) < 4.78 is 1.80. The number of aromatic nitrogens is 2. The second-order valence-electron chi connectivity index (χ2n) is 4.82. The molecule has 4 nitrogen and oxygen atoms in total. The number of anilines is 1. The number of nitrogens with one attached hydrogen (secondary N) is 1. The Morgan fingerprint density at radius 1 is 1.20 bits per heavy atom. The molecule has 106 valence electrons. The van der Waals surface area contributed by atoms with E-state index < -0.39 is 0 Å². The van der Waals surface area contributed by atoms with E-state index in [2.05, 4.69) is 10.4 Å². The van der Waals surface area contributed by atoms with E-state index in [4.69, 9.17) is 0 Å². The highest BCUT2D eigenvalue weighted by Crippen LogP contribution is 2.24. The third kappa shape index (κ3) is 3.63. The lowest BCUT2D eigenvalue weighted by molar-refractivity contribution is -0.115. The van der Waals surface area contributed by atoms with Crippen molar-refractivity contribution >= 4 is 23.5 Å². The van der Waals surface area contributed by atoms with E-state index in [0.29, 0.717) is 0 Å². The molecule has 0 spiro atoms. The molecule has 0 saturated carbocycles. The molecule has 0 radical (unpaired) electrons. The molecule has 1 atom stereocenters. The molecular formula is C15H19N3OS. The Morgan fingerprint density at radius 2 is 1.90 bits per heavy atom. The van der Waals surface area contributed by atoms with Crippen molar-refractivity contribution in [2.75, 3.05) is 5.32 Å². The van der Waals surface area contributed by atoms with Gasteiger partial charge in [-0.2, -0.15) is 5.10 Å². The summed E-state index contributed by atoms with van der Waals surface area (Å²) in [5.74, 6) is 0.728. The van der Waals surface area contributed by atoms with Crippen molar-refractivity contribution in [1.82, 2.24) is 9.78 Å². The van der Waals surface area contributed by atoms with Crippen LogP contribution < -0.4 is 5.32 Å². The molecule has 2 aromatic rings. The normalized spacial score (nSPS) is 12.4. The van der Waals surface area contributed by atoms with Crippen LogP contribution >= 0.6 is 11.8 Å². The highest BCUT2D eigenvalue weighted by atomic mass is 32.2. The van der Waals surface area contributed by atoms with Gasteiger partial charge in [0, 0.05) is 17.0 Å². The Bertz CT molecular complexity index is 566. The summed E-state index contributed by atoms with van der Waals surface area (Å²) in [5.41, 5.74) is 0. The van der Waals surface area contributed by atoms with E-state index in [0.717, 1.165) is 10.7 Å². The summed E-state index contributed by atoms with van der Waals surface area (Å²) in [6.07, 6.45) is 1.70. The Morgan fingerprint density at radius 3 is 2.55 bits per heavy atom. The first-order valence-electron chi connectivity index (χ1n) is 6.64. The van der Waals surface area contributed by atoms with Crippen molar-refractivity contribution in [3.63, 3.8) is 0 Å². The van der Waals surface area contributed by atoms with Crippen LogP contribution in [0.4, 0.5) is 5.82 Å². The summed E-state index contributed by atoms with van der Waals surface area (Å²) in [5, 5.41) is 6.98. The zero-order valence-corrected chi connectivity index (χ0v) is 12.7. The van der Waals surface area contributed by atoms with Crippen LogP contribution in [0.2, 0.25) is 0 Å². The molecule has 5 heteroatoms. The van der Waals surface area contributed by atoms with Crippen molar-refractivity contribution in [2.45, 2.75) is 37.0 Å². The van der Waals surface area contributed by atoms with Gasteiger partial charge in [-0.25, -0.2) is 4.68 Å². The average molecular weight is 289 g/mol. The molecule has 0 aliphatic heterocycles. The maximum Gasteiger partial charge on any atom is 0.238 e. The average Bonchev–Trinajstić information content (AvgIpc) is 2.88. The molecular weight excluding hydrogens is 270 g/mol. The fourth-order valence-corrected chi connectivity index (χ4v) is 2.70. The van der Waals surface area contributed by atoms with Crippen LogP contribution in [0.3, 0.4) is 0 Å². The van der Waals surface area contributed by atoms with Crippen molar-refractivity contribution < 1.29 is 4.79 Å². The summed E-state index contributed by atoms with van der Waals surface area (Å²) in [4.78, 5) is 13.3. The molecule has 0 aliphatic carbocycles. The quantitative estimate of drug-likeness (QED) is 0.856. The second-order valence-corrected chi connectivity index (χ2v) is 6.23. The van der Waals surface area contributed by atoms with Crippen LogP contribution in [0.15, 0.2) is 47.5 Å². The van der Waals surface area contributed by atoms with Crippen LogP contribution in [0.25, 0.3) is 0 Å².